The maximum Gasteiger partial charge on any atom is 0.338 e. The number of nitrogens with zero attached hydrogens (tertiary/aromatic N) is 1. The van der Waals surface area contributed by atoms with E-state index in [4.69, 9.17) is 4.74 Å². The fourth-order valence-electron chi connectivity index (χ4n) is 2.67. The van der Waals surface area contributed by atoms with Crippen LogP contribution in [0.3, 0.4) is 0 Å². The number of nitrogens with one attached hydrogen (secondary N) is 1. The molecular formula is C17H24N2O5S. The largest absolute Gasteiger partial charge is 0.452 e. The van der Waals surface area contributed by atoms with E-state index in [1.54, 1.807) is 12.1 Å². The van der Waals surface area contributed by atoms with Crippen LogP contribution in [0.2, 0.25) is 0 Å². The van der Waals surface area contributed by atoms with Gasteiger partial charge >= 0.3 is 5.97 Å². The van der Waals surface area contributed by atoms with Crippen LogP contribution in [0.15, 0.2) is 24.3 Å². The molecule has 1 aliphatic rings. The summed E-state index contributed by atoms with van der Waals surface area (Å²) in [7, 11) is -3.25. The topological polar surface area (TPSA) is 92.8 Å². The second-order valence-corrected chi connectivity index (χ2v) is 7.96. The van der Waals surface area contributed by atoms with Crippen LogP contribution in [0.5, 0.6) is 0 Å². The molecule has 8 heteroatoms. The second kappa shape index (κ2) is 8.33. The quantitative estimate of drug-likeness (QED) is 0.739. The zero-order chi connectivity index (χ0) is 18.4. The van der Waals surface area contributed by atoms with Gasteiger partial charge in [0.25, 0.3) is 5.91 Å². The van der Waals surface area contributed by atoms with Gasteiger partial charge < -0.3 is 10.1 Å². The maximum absolute atomic E-state index is 12.0. The van der Waals surface area contributed by atoms with Crippen LogP contribution >= 0.6 is 0 Å². The van der Waals surface area contributed by atoms with Crippen molar-refractivity contribution in [2.24, 2.45) is 0 Å². The van der Waals surface area contributed by atoms with Crippen LogP contribution in [0.1, 0.15) is 43.5 Å². The third-order valence-corrected chi connectivity index (χ3v) is 6.04. The summed E-state index contributed by atoms with van der Waals surface area (Å²) in [5.41, 5.74) is 0.802. The first-order valence-electron chi connectivity index (χ1n) is 8.44. The minimum Gasteiger partial charge on any atom is -0.452 e. The Kier molecular flexibility index (Phi) is 6.41. The first-order chi connectivity index (χ1) is 11.9. The number of anilines is 1. The molecule has 7 nitrogen and oxygen atoms in total. The molecule has 25 heavy (non-hydrogen) atoms. The maximum atomic E-state index is 12.0. The molecule has 0 bridgehead atoms. The van der Waals surface area contributed by atoms with Gasteiger partial charge in [0.2, 0.25) is 10.0 Å². The summed E-state index contributed by atoms with van der Waals surface area (Å²) >= 11 is 0. The molecule has 1 aliphatic heterocycles. The third kappa shape index (κ3) is 4.94. The highest BCUT2D eigenvalue weighted by Gasteiger charge is 2.28. The number of hydrogen-bond donors (Lipinski definition) is 1. The van der Waals surface area contributed by atoms with Crippen LogP contribution in [0, 0.1) is 0 Å². The molecule has 0 radical (unpaired) electrons. The highest BCUT2D eigenvalue weighted by Crippen LogP contribution is 2.24. The number of rotatable bonds is 7. The summed E-state index contributed by atoms with van der Waals surface area (Å²) in [5.74, 6) is -0.806. The molecule has 138 valence electrons. The fourth-order valence-corrected chi connectivity index (χ4v) is 4.23. The Morgan fingerprint density at radius 3 is 2.36 bits per heavy atom. The molecule has 1 saturated heterocycles. The lowest BCUT2D eigenvalue weighted by atomic mass is 10.2. The normalized spacial score (nSPS) is 16.0. The van der Waals surface area contributed by atoms with Crippen LogP contribution in [0.25, 0.3) is 0 Å². The highest BCUT2D eigenvalue weighted by molar-refractivity contribution is 7.93. The number of hydrogen-bond acceptors (Lipinski definition) is 5. The average molecular weight is 368 g/mol. The SMILES string of the molecule is CCC(CC)NC(=O)COC(=O)c1ccc(N2CCCS2(=O)=O)cc1. The lowest BCUT2D eigenvalue weighted by molar-refractivity contribution is -0.125. The third-order valence-electron chi connectivity index (χ3n) is 4.18. The van der Waals surface area contributed by atoms with Crippen LogP contribution in [-0.2, 0) is 19.6 Å². The van der Waals surface area contributed by atoms with Crippen molar-refractivity contribution >= 4 is 27.6 Å². The Morgan fingerprint density at radius 1 is 1.20 bits per heavy atom. The second-order valence-electron chi connectivity index (χ2n) is 5.95. The lowest BCUT2D eigenvalue weighted by Crippen LogP contribution is -2.36. The zero-order valence-corrected chi connectivity index (χ0v) is 15.3. The van der Waals surface area contributed by atoms with Gasteiger partial charge in [-0.3, -0.25) is 9.10 Å². The molecule has 0 atom stereocenters. The van der Waals surface area contributed by atoms with E-state index in [9.17, 15) is 18.0 Å². The average Bonchev–Trinajstić information content (AvgIpc) is 2.96. The molecule has 0 saturated carbocycles. The molecule has 1 aromatic carbocycles. The number of amides is 1. The Hall–Kier alpha value is -2.09. The van der Waals surface area contributed by atoms with E-state index >= 15 is 0 Å². The van der Waals surface area contributed by atoms with Crippen LogP contribution in [0.4, 0.5) is 5.69 Å². The van der Waals surface area contributed by atoms with Gasteiger partial charge in [0.1, 0.15) is 0 Å². The molecule has 2 rings (SSSR count). The molecule has 0 unspecified atom stereocenters. The number of benzene rings is 1. The van der Waals surface area contributed by atoms with Gasteiger partial charge in [-0.2, -0.15) is 0 Å². The number of carbonyl (C=O) groups excluding carboxylic acids is 2. The minimum absolute atomic E-state index is 0.0768. The molecule has 1 fully saturated rings. The number of carbonyl (C=O) groups is 2. The summed E-state index contributed by atoms with van der Waals surface area (Å²) in [6, 6.07) is 6.23. The monoisotopic (exact) mass is 368 g/mol. The Bertz CT molecular complexity index is 711. The number of ether oxygens (including phenoxy) is 1. The highest BCUT2D eigenvalue weighted by atomic mass is 32.2. The standard InChI is InChI=1S/C17H24N2O5S/c1-3-14(4-2)18-16(20)12-24-17(21)13-6-8-15(9-7-13)19-10-5-11-25(19,22)23/h6-9,14H,3-5,10-12H2,1-2H3,(H,18,20). The van der Waals surface area contributed by atoms with E-state index in [1.165, 1.54) is 16.4 Å². The van der Waals surface area contributed by atoms with Gasteiger partial charge in [0.05, 0.1) is 17.0 Å². The predicted octanol–water partition coefficient (Wildman–Crippen LogP) is 1.69. The lowest BCUT2D eigenvalue weighted by Gasteiger charge is -2.17. The molecule has 1 aromatic rings. The van der Waals surface area contributed by atoms with Crippen molar-refractivity contribution in [3.05, 3.63) is 29.8 Å². The molecular weight excluding hydrogens is 344 g/mol. The molecule has 0 aliphatic carbocycles. The van der Waals surface area contributed by atoms with E-state index < -0.39 is 16.0 Å². The van der Waals surface area contributed by atoms with Gasteiger partial charge in [-0.25, -0.2) is 13.2 Å². The molecule has 1 N–H and O–H groups in total. The summed E-state index contributed by atoms with van der Waals surface area (Å²) in [4.78, 5) is 23.7. The Balaban J connectivity index is 1.91. The summed E-state index contributed by atoms with van der Waals surface area (Å²) in [6.07, 6.45) is 2.23. The molecule has 1 amide bonds. The van der Waals surface area contributed by atoms with Gasteiger partial charge in [-0.15, -0.1) is 0 Å². The van der Waals surface area contributed by atoms with Crippen LogP contribution < -0.4 is 9.62 Å². The van der Waals surface area contributed by atoms with E-state index in [2.05, 4.69) is 5.32 Å². The molecule has 0 spiro atoms. The van der Waals surface area contributed by atoms with E-state index in [-0.39, 0.29) is 29.9 Å². The van der Waals surface area contributed by atoms with Gasteiger partial charge in [-0.1, -0.05) is 13.8 Å². The van der Waals surface area contributed by atoms with Crippen molar-refractivity contribution in [3.63, 3.8) is 0 Å². The summed E-state index contributed by atoms with van der Waals surface area (Å²) in [6.45, 7) is 4.06. The fraction of sp³-hybridized carbons (Fsp3) is 0.529. The van der Waals surface area contributed by atoms with E-state index in [0.29, 0.717) is 18.7 Å². The van der Waals surface area contributed by atoms with Gasteiger partial charge in [-0.05, 0) is 43.5 Å². The molecule has 1 heterocycles. The van der Waals surface area contributed by atoms with Crippen molar-refractivity contribution < 1.29 is 22.7 Å². The smallest absolute Gasteiger partial charge is 0.338 e. The van der Waals surface area contributed by atoms with Crippen molar-refractivity contribution in [3.8, 4) is 0 Å². The number of esters is 1. The van der Waals surface area contributed by atoms with Crippen LogP contribution in [-0.4, -0.2) is 45.2 Å². The van der Waals surface area contributed by atoms with E-state index in [1.807, 2.05) is 13.8 Å². The van der Waals surface area contributed by atoms with E-state index in [0.717, 1.165) is 12.8 Å². The van der Waals surface area contributed by atoms with Crippen molar-refractivity contribution in [2.45, 2.75) is 39.2 Å². The minimum atomic E-state index is -3.25. The zero-order valence-electron chi connectivity index (χ0n) is 14.5. The summed E-state index contributed by atoms with van der Waals surface area (Å²) < 4.78 is 30.1. The van der Waals surface area contributed by atoms with Crippen molar-refractivity contribution in [1.82, 2.24) is 5.32 Å². The number of sulfonamides is 1. The van der Waals surface area contributed by atoms with Crippen molar-refractivity contribution in [2.75, 3.05) is 23.2 Å². The van der Waals surface area contributed by atoms with Gasteiger partial charge in [0.15, 0.2) is 6.61 Å². The van der Waals surface area contributed by atoms with Crippen molar-refractivity contribution in [1.29, 1.82) is 0 Å². The predicted molar refractivity (Wildman–Crippen MR) is 95.0 cm³/mol. The summed E-state index contributed by atoms with van der Waals surface area (Å²) in [5, 5.41) is 2.79. The first kappa shape index (κ1) is 19.2. The van der Waals surface area contributed by atoms with Gasteiger partial charge in [0, 0.05) is 12.6 Å². The Morgan fingerprint density at radius 2 is 1.84 bits per heavy atom. The Labute approximate surface area is 148 Å². The molecule has 0 aromatic heterocycles. The first-order valence-corrected chi connectivity index (χ1v) is 10.0.